The van der Waals surface area contributed by atoms with E-state index in [1.54, 1.807) is 0 Å². The molecule has 1 saturated heterocycles. The third-order valence-electron chi connectivity index (χ3n) is 7.86. The lowest BCUT2D eigenvalue weighted by Gasteiger charge is -2.44. The fraction of sp³-hybridized carbons (Fsp3) is 0.457. The van der Waals surface area contributed by atoms with Gasteiger partial charge in [-0.3, -0.25) is 4.79 Å². The minimum Gasteiger partial charge on any atom is -0.388 e. The summed E-state index contributed by atoms with van der Waals surface area (Å²) in [6.45, 7) is 3.94. The molecule has 1 heterocycles. The van der Waals surface area contributed by atoms with Gasteiger partial charge in [-0.25, -0.2) is 0 Å². The van der Waals surface area contributed by atoms with Gasteiger partial charge in [-0.15, -0.1) is 0 Å². The average Bonchev–Trinajstić information content (AvgIpc) is 3.02. The molecular weight excluding hydrogens is 530 g/mol. The van der Waals surface area contributed by atoms with Crippen molar-refractivity contribution in [2.75, 3.05) is 13.2 Å². The minimum atomic E-state index is -1.31. The molecule has 0 aliphatic carbocycles. The first-order valence-electron chi connectivity index (χ1n) is 15.2. The topological polar surface area (TPSA) is 97.2 Å². The van der Waals surface area contributed by atoms with E-state index >= 15 is 0 Å². The van der Waals surface area contributed by atoms with Crippen LogP contribution in [-0.2, 0) is 24.6 Å². The van der Waals surface area contributed by atoms with Gasteiger partial charge in [0.25, 0.3) is 0 Å². The number of hydrogen-bond acceptors (Lipinski definition) is 6. The van der Waals surface area contributed by atoms with E-state index < -0.39 is 36.2 Å². The third kappa shape index (κ3) is 7.85. The maximum absolute atomic E-state index is 12.0. The average molecular weight is 576 g/mol. The van der Waals surface area contributed by atoms with Crippen LogP contribution in [-0.4, -0.2) is 60.0 Å². The van der Waals surface area contributed by atoms with E-state index in [1.165, 1.54) is 26.2 Å². The van der Waals surface area contributed by atoms with Gasteiger partial charge in [0, 0.05) is 13.5 Å². The van der Waals surface area contributed by atoms with Gasteiger partial charge >= 0.3 is 0 Å². The highest BCUT2D eigenvalue weighted by atomic mass is 16.7. The lowest BCUT2D eigenvalue weighted by Crippen LogP contribution is -2.65. The zero-order chi connectivity index (χ0) is 29.8. The van der Waals surface area contributed by atoms with E-state index in [9.17, 15) is 15.0 Å². The first kappa shape index (κ1) is 31.9. The van der Waals surface area contributed by atoms with Crippen molar-refractivity contribution in [1.82, 2.24) is 5.32 Å². The van der Waals surface area contributed by atoms with Crippen molar-refractivity contribution in [3.05, 3.63) is 108 Å². The van der Waals surface area contributed by atoms with Crippen molar-refractivity contribution >= 4 is 5.91 Å². The van der Waals surface area contributed by atoms with E-state index in [1.807, 2.05) is 91.0 Å². The maximum atomic E-state index is 12.0. The van der Waals surface area contributed by atoms with Crippen LogP contribution in [0.4, 0.5) is 0 Å². The molecule has 1 aliphatic rings. The Kier molecular flexibility index (Phi) is 12.1. The van der Waals surface area contributed by atoms with E-state index in [0.29, 0.717) is 6.61 Å². The zero-order valence-electron chi connectivity index (χ0n) is 24.7. The molecule has 5 atom stereocenters. The van der Waals surface area contributed by atoms with Crippen molar-refractivity contribution in [2.45, 2.75) is 88.6 Å². The smallest absolute Gasteiger partial charge is 0.217 e. The Labute approximate surface area is 249 Å². The Bertz CT molecular complexity index is 1100. The monoisotopic (exact) mass is 575 g/mol. The number of aliphatic hydroxyl groups excluding tert-OH is 2. The van der Waals surface area contributed by atoms with Gasteiger partial charge in [-0.2, -0.15) is 0 Å². The fourth-order valence-electron chi connectivity index (χ4n) is 5.66. The van der Waals surface area contributed by atoms with E-state index in [-0.39, 0.29) is 12.5 Å². The number of benzene rings is 3. The second kappa shape index (κ2) is 16.0. The summed E-state index contributed by atoms with van der Waals surface area (Å²) in [6, 6.07) is 28.9. The SMILES string of the molecule is CCCCCCCCO[C@H]1O[C@H](COC(c2ccccc2)(c2ccccc2)c2ccccc2)[C@@H](O)[C@H](O)[C@H]1NC(C)=O. The summed E-state index contributed by atoms with van der Waals surface area (Å²) in [6.07, 6.45) is 2.16. The molecule has 42 heavy (non-hydrogen) atoms. The molecule has 0 aromatic heterocycles. The van der Waals surface area contributed by atoms with Gasteiger partial charge in [-0.05, 0) is 23.1 Å². The number of unbranched alkanes of at least 4 members (excludes halogenated alkanes) is 5. The molecule has 3 aromatic rings. The van der Waals surface area contributed by atoms with Gasteiger partial charge in [-0.1, -0.05) is 130 Å². The van der Waals surface area contributed by atoms with Crippen LogP contribution >= 0.6 is 0 Å². The van der Waals surface area contributed by atoms with Crippen LogP contribution in [0, 0.1) is 0 Å². The molecule has 4 rings (SSSR count). The number of hydrogen-bond donors (Lipinski definition) is 3. The molecule has 3 aromatic carbocycles. The summed E-state index contributed by atoms with van der Waals surface area (Å²) in [5.41, 5.74) is 1.74. The predicted octanol–water partition coefficient (Wildman–Crippen LogP) is 5.32. The Hall–Kier alpha value is -3.07. The molecule has 0 radical (unpaired) electrons. The van der Waals surface area contributed by atoms with E-state index in [4.69, 9.17) is 14.2 Å². The van der Waals surface area contributed by atoms with Crippen LogP contribution in [0.25, 0.3) is 0 Å². The van der Waals surface area contributed by atoms with Crippen molar-refractivity contribution in [1.29, 1.82) is 0 Å². The molecular formula is C35H45NO6. The highest BCUT2D eigenvalue weighted by molar-refractivity contribution is 5.73. The number of amides is 1. The maximum Gasteiger partial charge on any atom is 0.217 e. The molecule has 0 spiro atoms. The molecule has 1 aliphatic heterocycles. The number of aliphatic hydroxyl groups is 2. The summed E-state index contributed by atoms with van der Waals surface area (Å²) in [4.78, 5) is 12.0. The molecule has 0 unspecified atom stereocenters. The third-order valence-corrected chi connectivity index (χ3v) is 7.86. The lowest BCUT2D eigenvalue weighted by atomic mass is 9.80. The van der Waals surface area contributed by atoms with Gasteiger partial charge in [0.2, 0.25) is 5.91 Å². The van der Waals surface area contributed by atoms with E-state index in [2.05, 4.69) is 12.2 Å². The second-order valence-corrected chi connectivity index (χ2v) is 11.0. The summed E-state index contributed by atoms with van der Waals surface area (Å²) in [5.74, 6) is -0.339. The molecule has 226 valence electrons. The standard InChI is InChI=1S/C35H45NO6/c1-3-4-5-6-7-17-24-40-34-31(36-26(2)37)33(39)32(38)30(42-34)25-41-35(27-18-11-8-12-19-27,28-20-13-9-14-21-28)29-22-15-10-16-23-29/h8-16,18-23,30-34,38-39H,3-7,17,24-25H2,1-2H3,(H,36,37)/t30-,31-,32-,33-,34+/m1/s1. The van der Waals surface area contributed by atoms with Gasteiger partial charge < -0.3 is 29.7 Å². The van der Waals surface area contributed by atoms with Crippen molar-refractivity contribution in [3.8, 4) is 0 Å². The normalized spacial score (nSPS) is 22.5. The Balaban J connectivity index is 1.58. The van der Waals surface area contributed by atoms with Crippen LogP contribution in [0.1, 0.15) is 69.1 Å². The van der Waals surface area contributed by atoms with Crippen molar-refractivity contribution < 1.29 is 29.2 Å². The molecule has 7 nitrogen and oxygen atoms in total. The van der Waals surface area contributed by atoms with Crippen molar-refractivity contribution in [2.24, 2.45) is 0 Å². The van der Waals surface area contributed by atoms with Crippen LogP contribution in [0.2, 0.25) is 0 Å². The Morgan fingerprint density at radius 3 is 1.79 bits per heavy atom. The summed E-state index contributed by atoms with van der Waals surface area (Å²) >= 11 is 0. The first-order chi connectivity index (χ1) is 20.5. The second-order valence-electron chi connectivity index (χ2n) is 11.0. The molecule has 7 heteroatoms. The zero-order valence-corrected chi connectivity index (χ0v) is 24.7. The summed E-state index contributed by atoms with van der Waals surface area (Å²) in [7, 11) is 0. The Morgan fingerprint density at radius 1 is 0.786 bits per heavy atom. The number of carbonyl (C=O) groups is 1. The quantitative estimate of drug-likeness (QED) is 0.168. The molecule has 1 fully saturated rings. The van der Waals surface area contributed by atoms with Gasteiger partial charge in [0.1, 0.15) is 30.0 Å². The largest absolute Gasteiger partial charge is 0.388 e. The number of nitrogens with one attached hydrogen (secondary N) is 1. The number of rotatable bonds is 15. The predicted molar refractivity (Wildman–Crippen MR) is 163 cm³/mol. The van der Waals surface area contributed by atoms with E-state index in [0.717, 1.165) is 36.0 Å². The summed E-state index contributed by atoms with van der Waals surface area (Å²) in [5, 5.41) is 25.0. The highest BCUT2D eigenvalue weighted by Crippen LogP contribution is 2.41. The van der Waals surface area contributed by atoms with Gasteiger partial charge in [0.15, 0.2) is 6.29 Å². The van der Waals surface area contributed by atoms with Crippen LogP contribution in [0.15, 0.2) is 91.0 Å². The minimum absolute atomic E-state index is 0.0411. The van der Waals surface area contributed by atoms with Crippen molar-refractivity contribution in [3.63, 3.8) is 0 Å². The number of ether oxygens (including phenoxy) is 3. The van der Waals surface area contributed by atoms with Crippen LogP contribution in [0.5, 0.6) is 0 Å². The Morgan fingerprint density at radius 2 is 1.29 bits per heavy atom. The summed E-state index contributed by atoms with van der Waals surface area (Å²) < 4.78 is 19.2. The number of carbonyl (C=O) groups excluding carboxylic acids is 1. The molecule has 0 saturated carbocycles. The molecule has 1 amide bonds. The van der Waals surface area contributed by atoms with Crippen LogP contribution < -0.4 is 5.32 Å². The lowest BCUT2D eigenvalue weighted by molar-refractivity contribution is -0.276. The molecule has 3 N–H and O–H groups in total. The highest BCUT2D eigenvalue weighted by Gasteiger charge is 2.47. The van der Waals surface area contributed by atoms with Crippen LogP contribution in [0.3, 0.4) is 0 Å². The van der Waals surface area contributed by atoms with Gasteiger partial charge in [0.05, 0.1) is 6.61 Å². The fourth-order valence-corrected chi connectivity index (χ4v) is 5.66. The first-order valence-corrected chi connectivity index (χ1v) is 15.2. The molecule has 0 bridgehead atoms.